The van der Waals surface area contributed by atoms with Crippen molar-refractivity contribution in [2.24, 2.45) is 0 Å². The van der Waals surface area contributed by atoms with E-state index in [0.717, 1.165) is 6.07 Å². The summed E-state index contributed by atoms with van der Waals surface area (Å²) in [4.78, 5) is 30.1. The monoisotopic (exact) mass is 344 g/mol. The number of anilines is 1. The van der Waals surface area contributed by atoms with Gasteiger partial charge in [-0.25, -0.2) is 4.98 Å². The fourth-order valence-corrected chi connectivity index (χ4v) is 2.42. The van der Waals surface area contributed by atoms with Crippen LogP contribution in [0.1, 0.15) is 19.0 Å². The summed E-state index contributed by atoms with van der Waals surface area (Å²) in [7, 11) is 0. The lowest BCUT2D eigenvalue weighted by Crippen LogP contribution is -2.50. The minimum Gasteiger partial charge on any atom is -0.370 e. The molecule has 1 aromatic heterocycles. The van der Waals surface area contributed by atoms with Crippen LogP contribution in [-0.2, 0) is 15.8 Å². The number of nitrogens with zero attached hydrogens (tertiary/aromatic N) is 3. The summed E-state index contributed by atoms with van der Waals surface area (Å²) in [6.45, 7) is 3.64. The summed E-state index contributed by atoms with van der Waals surface area (Å²) in [6.07, 6.45) is -4.35. The second kappa shape index (κ2) is 7.50. The molecule has 0 radical (unpaired) electrons. The van der Waals surface area contributed by atoms with Crippen LogP contribution in [0.15, 0.2) is 18.2 Å². The van der Waals surface area contributed by atoms with Crippen molar-refractivity contribution in [2.75, 3.05) is 38.0 Å². The van der Waals surface area contributed by atoms with Gasteiger partial charge in [-0.05, 0) is 12.1 Å². The molecule has 2 amide bonds. The van der Waals surface area contributed by atoms with Gasteiger partial charge in [-0.3, -0.25) is 9.59 Å². The van der Waals surface area contributed by atoms with Gasteiger partial charge >= 0.3 is 6.18 Å². The van der Waals surface area contributed by atoms with Gasteiger partial charge in [0.1, 0.15) is 11.5 Å². The Morgan fingerprint density at radius 1 is 1.17 bits per heavy atom. The summed E-state index contributed by atoms with van der Waals surface area (Å²) < 4.78 is 37.7. The first-order chi connectivity index (χ1) is 11.3. The van der Waals surface area contributed by atoms with Crippen molar-refractivity contribution in [3.05, 3.63) is 23.9 Å². The largest absolute Gasteiger partial charge is 0.433 e. The number of aromatic nitrogens is 1. The maximum absolute atomic E-state index is 12.6. The van der Waals surface area contributed by atoms with Gasteiger partial charge in [-0.1, -0.05) is 6.07 Å². The van der Waals surface area contributed by atoms with Gasteiger partial charge in [-0.15, -0.1) is 0 Å². The Hall–Kier alpha value is -2.32. The highest BCUT2D eigenvalue weighted by molar-refractivity contribution is 5.77. The zero-order valence-corrected chi connectivity index (χ0v) is 13.3. The molecular weight excluding hydrogens is 325 g/mol. The summed E-state index contributed by atoms with van der Waals surface area (Å²) >= 11 is 0. The minimum absolute atomic E-state index is 0.0145. The number of hydrogen-bond donors (Lipinski definition) is 1. The molecule has 1 aliphatic heterocycles. The quantitative estimate of drug-likeness (QED) is 0.901. The van der Waals surface area contributed by atoms with Crippen molar-refractivity contribution in [2.45, 2.75) is 19.5 Å². The van der Waals surface area contributed by atoms with Gasteiger partial charge in [-0.2, -0.15) is 13.2 Å². The zero-order chi connectivity index (χ0) is 17.7. The highest BCUT2D eigenvalue weighted by Crippen LogP contribution is 2.28. The van der Waals surface area contributed by atoms with Crippen molar-refractivity contribution in [1.29, 1.82) is 0 Å². The van der Waals surface area contributed by atoms with Crippen molar-refractivity contribution in [3.8, 4) is 0 Å². The molecule has 1 N–H and O–H groups in total. The third kappa shape index (κ3) is 4.84. The molecule has 9 heteroatoms. The molecule has 0 atom stereocenters. The summed E-state index contributed by atoms with van der Waals surface area (Å²) in [5, 5.41) is 2.73. The molecule has 1 saturated heterocycles. The first-order valence-electron chi connectivity index (χ1n) is 7.59. The van der Waals surface area contributed by atoms with Gasteiger partial charge < -0.3 is 15.1 Å². The molecule has 2 rings (SSSR count). The van der Waals surface area contributed by atoms with Crippen LogP contribution in [0.3, 0.4) is 0 Å². The molecule has 0 unspecified atom stereocenters. The lowest BCUT2D eigenvalue weighted by molar-refractivity contribution is -0.141. The Labute approximate surface area is 137 Å². The minimum atomic E-state index is -4.50. The van der Waals surface area contributed by atoms with Crippen LogP contribution >= 0.6 is 0 Å². The topological polar surface area (TPSA) is 65.5 Å². The summed E-state index contributed by atoms with van der Waals surface area (Å²) in [5.41, 5.74) is -0.973. The molecule has 1 fully saturated rings. The second-order valence-corrected chi connectivity index (χ2v) is 5.47. The maximum atomic E-state index is 12.6. The number of piperazine rings is 1. The average Bonchev–Trinajstić information content (AvgIpc) is 2.54. The van der Waals surface area contributed by atoms with Crippen LogP contribution in [0.5, 0.6) is 0 Å². The summed E-state index contributed by atoms with van der Waals surface area (Å²) in [5.74, 6) is -0.0314. The normalized spacial score (nSPS) is 15.3. The van der Waals surface area contributed by atoms with Crippen molar-refractivity contribution >= 4 is 17.6 Å². The molecule has 0 spiro atoms. The second-order valence-electron chi connectivity index (χ2n) is 5.47. The Morgan fingerprint density at radius 2 is 1.79 bits per heavy atom. The third-order valence-electron chi connectivity index (χ3n) is 3.76. The van der Waals surface area contributed by atoms with Crippen molar-refractivity contribution in [3.63, 3.8) is 0 Å². The first-order valence-corrected chi connectivity index (χ1v) is 7.59. The number of rotatable bonds is 4. The molecule has 0 aromatic carbocycles. The first kappa shape index (κ1) is 18.0. The summed E-state index contributed by atoms with van der Waals surface area (Å²) in [6, 6.07) is 3.58. The number of hydrogen-bond acceptors (Lipinski definition) is 4. The standard InChI is InChI=1S/C15H19F3N4O2/c1-11(23)21-7-9-22(10-8-21)14(24)5-6-19-13-4-2-3-12(20-13)15(16,17)18/h2-4H,5-10H2,1H3,(H,19,20). The van der Waals surface area contributed by atoms with Gasteiger partial charge in [0.15, 0.2) is 0 Å². The van der Waals surface area contributed by atoms with Gasteiger partial charge in [0.25, 0.3) is 0 Å². The fourth-order valence-electron chi connectivity index (χ4n) is 2.42. The SMILES string of the molecule is CC(=O)N1CCN(C(=O)CCNc2cccc(C(F)(F)F)n2)CC1. The molecule has 0 saturated carbocycles. The fraction of sp³-hybridized carbons (Fsp3) is 0.533. The molecular formula is C15H19F3N4O2. The van der Waals surface area contributed by atoms with E-state index < -0.39 is 11.9 Å². The maximum Gasteiger partial charge on any atom is 0.433 e. The van der Waals surface area contributed by atoms with Crippen LogP contribution in [0.4, 0.5) is 19.0 Å². The number of alkyl halides is 3. The van der Waals surface area contributed by atoms with Crippen LogP contribution in [0.25, 0.3) is 0 Å². The third-order valence-corrected chi connectivity index (χ3v) is 3.76. The van der Waals surface area contributed by atoms with E-state index in [1.807, 2.05) is 0 Å². The average molecular weight is 344 g/mol. The van der Waals surface area contributed by atoms with E-state index >= 15 is 0 Å². The molecule has 1 aliphatic rings. The Morgan fingerprint density at radius 3 is 2.38 bits per heavy atom. The van der Waals surface area contributed by atoms with Gasteiger partial charge in [0, 0.05) is 46.1 Å². The van der Waals surface area contributed by atoms with Crippen LogP contribution in [0.2, 0.25) is 0 Å². The highest BCUT2D eigenvalue weighted by atomic mass is 19.4. The number of carbonyl (C=O) groups is 2. The predicted molar refractivity (Wildman–Crippen MR) is 81.2 cm³/mol. The van der Waals surface area contributed by atoms with Gasteiger partial charge in [0.2, 0.25) is 11.8 Å². The Bertz CT molecular complexity index is 599. The lowest BCUT2D eigenvalue weighted by atomic mass is 10.2. The van der Waals surface area contributed by atoms with E-state index in [-0.39, 0.29) is 30.6 Å². The molecule has 0 bridgehead atoms. The highest BCUT2D eigenvalue weighted by Gasteiger charge is 2.32. The Balaban J connectivity index is 1.78. The van der Waals surface area contributed by atoms with E-state index in [2.05, 4.69) is 10.3 Å². The molecule has 0 aliphatic carbocycles. The predicted octanol–water partition coefficient (Wildman–Crippen LogP) is 1.59. The van der Waals surface area contributed by atoms with Crippen molar-refractivity contribution in [1.82, 2.24) is 14.8 Å². The molecule has 24 heavy (non-hydrogen) atoms. The number of carbonyl (C=O) groups excluding carboxylic acids is 2. The van der Waals surface area contributed by atoms with E-state index in [9.17, 15) is 22.8 Å². The van der Waals surface area contributed by atoms with E-state index in [1.165, 1.54) is 19.1 Å². The molecule has 132 valence electrons. The van der Waals surface area contributed by atoms with Crippen LogP contribution in [-0.4, -0.2) is 59.3 Å². The van der Waals surface area contributed by atoms with E-state index in [0.29, 0.717) is 26.2 Å². The number of pyridine rings is 1. The lowest BCUT2D eigenvalue weighted by Gasteiger charge is -2.34. The number of halogens is 3. The van der Waals surface area contributed by atoms with E-state index in [1.54, 1.807) is 9.80 Å². The molecule has 1 aromatic rings. The molecule has 6 nitrogen and oxygen atoms in total. The van der Waals surface area contributed by atoms with Gasteiger partial charge in [0.05, 0.1) is 0 Å². The van der Waals surface area contributed by atoms with E-state index in [4.69, 9.17) is 0 Å². The zero-order valence-electron chi connectivity index (χ0n) is 13.3. The molecule has 2 heterocycles. The Kier molecular flexibility index (Phi) is 5.63. The van der Waals surface area contributed by atoms with Crippen LogP contribution < -0.4 is 5.32 Å². The smallest absolute Gasteiger partial charge is 0.370 e. The number of nitrogens with one attached hydrogen (secondary N) is 1. The van der Waals surface area contributed by atoms with Crippen molar-refractivity contribution < 1.29 is 22.8 Å². The van der Waals surface area contributed by atoms with Crippen LogP contribution in [0, 0.1) is 0 Å². The number of amides is 2.